The number of nitrogens with one attached hydrogen (secondary N) is 2. The van der Waals surface area contributed by atoms with Gasteiger partial charge in [0.1, 0.15) is 17.3 Å². The molecule has 0 aliphatic carbocycles. The number of aldehydes is 1. The van der Waals surface area contributed by atoms with E-state index in [9.17, 15) is 27.6 Å². The molecule has 10 heteroatoms. The van der Waals surface area contributed by atoms with Crippen LogP contribution in [0.1, 0.15) is 50.2 Å². The number of benzene rings is 2. The van der Waals surface area contributed by atoms with Crippen molar-refractivity contribution in [3.8, 4) is 11.1 Å². The van der Waals surface area contributed by atoms with E-state index in [1.807, 2.05) is 32.0 Å². The lowest BCUT2D eigenvalue weighted by Gasteiger charge is -2.25. The maximum absolute atomic E-state index is 13.5. The molecule has 0 fully saturated rings. The summed E-state index contributed by atoms with van der Waals surface area (Å²) in [5, 5.41) is 4.77. The molecule has 0 spiro atoms. The number of alkyl halides is 3. The molecule has 0 aliphatic rings. The lowest BCUT2D eigenvalue weighted by molar-refractivity contribution is -0.137. The first-order valence-electron chi connectivity index (χ1n) is 12.1. The van der Waals surface area contributed by atoms with Crippen molar-refractivity contribution >= 4 is 29.7 Å². The number of nitrogens with zero attached hydrogens (tertiary/aromatic N) is 1. The zero-order chi connectivity index (χ0) is 29.2. The fourth-order valence-electron chi connectivity index (χ4n) is 3.87. The number of aryl methyl sites for hydroxylation is 2. The van der Waals surface area contributed by atoms with Gasteiger partial charge in [-0.05, 0) is 94.6 Å². The maximum Gasteiger partial charge on any atom is 0.416 e. The van der Waals surface area contributed by atoms with Crippen molar-refractivity contribution in [1.82, 2.24) is 4.98 Å². The molecule has 0 saturated carbocycles. The Bertz CT molecular complexity index is 1390. The Kier molecular flexibility index (Phi) is 8.19. The molecule has 39 heavy (non-hydrogen) atoms. The van der Waals surface area contributed by atoms with E-state index in [0.29, 0.717) is 17.9 Å². The molecule has 0 radical (unpaired) electrons. The number of anilines is 2. The standard InChI is InChI=1S/C29H30F3N3O4/c1-17-12-20(13-18(2)33-17)19-8-7-9-21(14-19)28(6,16-36)25(37)34-23-11-10-22(29(30,31)32)15-24(23)35-26(38)39-27(3,4)5/h7-16H,1-6H3,(H,34,37)(H,35,38). The van der Waals surface area contributed by atoms with E-state index in [1.165, 1.54) is 6.92 Å². The molecule has 2 N–H and O–H groups in total. The van der Waals surface area contributed by atoms with Crippen molar-refractivity contribution in [2.75, 3.05) is 10.6 Å². The molecule has 3 aromatic rings. The zero-order valence-corrected chi connectivity index (χ0v) is 22.5. The monoisotopic (exact) mass is 541 g/mol. The van der Waals surface area contributed by atoms with Crippen molar-refractivity contribution in [3.63, 3.8) is 0 Å². The van der Waals surface area contributed by atoms with Crippen LogP contribution in [0.15, 0.2) is 54.6 Å². The van der Waals surface area contributed by atoms with Crippen LogP contribution in [-0.4, -0.2) is 28.9 Å². The lowest BCUT2D eigenvalue weighted by Crippen LogP contribution is -2.39. The number of rotatable bonds is 6. The predicted molar refractivity (Wildman–Crippen MR) is 142 cm³/mol. The quantitative estimate of drug-likeness (QED) is 0.263. The van der Waals surface area contributed by atoms with Gasteiger partial charge in [0.15, 0.2) is 0 Å². The Morgan fingerprint density at radius 3 is 2.03 bits per heavy atom. The van der Waals surface area contributed by atoms with E-state index in [-0.39, 0.29) is 11.4 Å². The molecule has 7 nitrogen and oxygen atoms in total. The summed E-state index contributed by atoms with van der Waals surface area (Å²) in [6.07, 6.45) is -5.24. The second-order valence-electron chi connectivity index (χ2n) is 10.4. The normalized spacial score (nSPS) is 13.3. The van der Waals surface area contributed by atoms with E-state index < -0.39 is 34.8 Å². The molecular weight excluding hydrogens is 511 g/mol. The Labute approximate surface area is 224 Å². The third-order valence-electron chi connectivity index (χ3n) is 5.82. The molecule has 1 unspecified atom stereocenters. The first-order valence-corrected chi connectivity index (χ1v) is 12.1. The Balaban J connectivity index is 1.98. The van der Waals surface area contributed by atoms with Crippen LogP contribution in [0, 0.1) is 13.8 Å². The van der Waals surface area contributed by atoms with Gasteiger partial charge in [0.25, 0.3) is 0 Å². The SMILES string of the molecule is Cc1cc(-c2cccc(C(C)(C=O)C(=O)Nc3ccc(C(F)(F)F)cc3NC(=O)OC(C)(C)C)c2)cc(C)n1. The molecule has 0 saturated heterocycles. The third kappa shape index (κ3) is 7.22. The van der Waals surface area contributed by atoms with Gasteiger partial charge in [0, 0.05) is 11.4 Å². The van der Waals surface area contributed by atoms with Gasteiger partial charge in [-0.2, -0.15) is 13.2 Å². The van der Waals surface area contributed by atoms with E-state index >= 15 is 0 Å². The van der Waals surface area contributed by atoms with E-state index in [1.54, 1.807) is 39.0 Å². The second-order valence-corrected chi connectivity index (χ2v) is 10.4. The van der Waals surface area contributed by atoms with Crippen molar-refractivity contribution in [2.24, 2.45) is 0 Å². The average Bonchev–Trinajstić information content (AvgIpc) is 2.82. The topological polar surface area (TPSA) is 97.4 Å². The molecule has 0 bridgehead atoms. The van der Waals surface area contributed by atoms with Gasteiger partial charge in [-0.15, -0.1) is 0 Å². The van der Waals surface area contributed by atoms with Gasteiger partial charge < -0.3 is 14.8 Å². The van der Waals surface area contributed by atoms with Gasteiger partial charge >= 0.3 is 12.3 Å². The van der Waals surface area contributed by atoms with Gasteiger partial charge in [-0.1, -0.05) is 18.2 Å². The second kappa shape index (κ2) is 10.9. The van der Waals surface area contributed by atoms with Gasteiger partial charge in [0.05, 0.1) is 16.9 Å². The summed E-state index contributed by atoms with van der Waals surface area (Å²) in [4.78, 5) is 42.5. The Hall–Kier alpha value is -4.21. The van der Waals surface area contributed by atoms with Crippen LogP contribution in [0.25, 0.3) is 11.1 Å². The smallest absolute Gasteiger partial charge is 0.416 e. The summed E-state index contributed by atoms with van der Waals surface area (Å²) in [5.74, 6) is -0.802. The maximum atomic E-state index is 13.5. The first-order chi connectivity index (χ1) is 18.0. The first kappa shape index (κ1) is 29.3. The highest BCUT2D eigenvalue weighted by Gasteiger charge is 2.37. The fourth-order valence-corrected chi connectivity index (χ4v) is 3.87. The van der Waals surface area contributed by atoms with Crippen LogP contribution >= 0.6 is 0 Å². The van der Waals surface area contributed by atoms with Gasteiger partial charge in [-0.3, -0.25) is 15.1 Å². The molecule has 0 aliphatic heterocycles. The van der Waals surface area contributed by atoms with Crippen LogP contribution in [0.2, 0.25) is 0 Å². The molecule has 1 atom stereocenters. The van der Waals surface area contributed by atoms with Crippen LogP contribution in [-0.2, 0) is 25.9 Å². The van der Waals surface area contributed by atoms with Gasteiger partial charge in [-0.25, -0.2) is 4.79 Å². The van der Waals surface area contributed by atoms with Gasteiger partial charge in [0.2, 0.25) is 5.91 Å². The van der Waals surface area contributed by atoms with E-state index in [4.69, 9.17) is 4.74 Å². The minimum Gasteiger partial charge on any atom is -0.444 e. The van der Waals surface area contributed by atoms with Crippen LogP contribution < -0.4 is 10.6 Å². The number of halogens is 3. The zero-order valence-electron chi connectivity index (χ0n) is 22.5. The highest BCUT2D eigenvalue weighted by molar-refractivity contribution is 6.11. The summed E-state index contributed by atoms with van der Waals surface area (Å²) < 4.78 is 45.3. The summed E-state index contributed by atoms with van der Waals surface area (Å²) in [6, 6.07) is 13.1. The van der Waals surface area contributed by atoms with Crippen LogP contribution in [0.4, 0.5) is 29.3 Å². The minimum atomic E-state index is -4.70. The number of hydrogen-bond acceptors (Lipinski definition) is 5. The highest BCUT2D eigenvalue weighted by atomic mass is 19.4. The molecule has 2 aromatic carbocycles. The summed E-state index contributed by atoms with van der Waals surface area (Å²) in [6.45, 7) is 9.91. The molecule has 1 heterocycles. The largest absolute Gasteiger partial charge is 0.444 e. The summed E-state index contributed by atoms with van der Waals surface area (Å²) >= 11 is 0. The van der Waals surface area contributed by atoms with Crippen molar-refractivity contribution in [3.05, 3.63) is 77.1 Å². The molecule has 206 valence electrons. The molecule has 1 aromatic heterocycles. The molecule has 2 amide bonds. The van der Waals surface area contributed by atoms with Crippen molar-refractivity contribution < 1.29 is 32.3 Å². The van der Waals surface area contributed by atoms with E-state index in [0.717, 1.165) is 34.6 Å². The number of pyridine rings is 1. The van der Waals surface area contributed by atoms with Crippen molar-refractivity contribution in [1.29, 1.82) is 0 Å². The lowest BCUT2D eigenvalue weighted by atomic mass is 9.81. The molecular formula is C29H30F3N3O4. The number of carbonyl (C=O) groups excluding carboxylic acids is 3. The number of amides is 2. The van der Waals surface area contributed by atoms with E-state index in [2.05, 4.69) is 15.6 Å². The number of hydrogen-bond donors (Lipinski definition) is 2. The highest BCUT2D eigenvalue weighted by Crippen LogP contribution is 2.36. The summed E-state index contributed by atoms with van der Waals surface area (Å²) in [5.41, 5.74) is -0.557. The number of carbonyl (C=O) groups is 3. The average molecular weight is 542 g/mol. The summed E-state index contributed by atoms with van der Waals surface area (Å²) in [7, 11) is 0. The number of aromatic nitrogens is 1. The van der Waals surface area contributed by atoms with Crippen molar-refractivity contribution in [2.45, 2.75) is 58.7 Å². The van der Waals surface area contributed by atoms with Crippen LogP contribution in [0.3, 0.4) is 0 Å². The number of ether oxygens (including phenoxy) is 1. The third-order valence-corrected chi connectivity index (χ3v) is 5.82. The predicted octanol–water partition coefficient (Wildman–Crippen LogP) is 6.83. The van der Waals surface area contributed by atoms with Crippen LogP contribution in [0.5, 0.6) is 0 Å². The Morgan fingerprint density at radius 2 is 1.46 bits per heavy atom. The molecule has 3 rings (SSSR count). The Morgan fingerprint density at radius 1 is 0.821 bits per heavy atom. The fraction of sp³-hybridized carbons (Fsp3) is 0.310. The minimum absolute atomic E-state index is 0.136.